The lowest BCUT2D eigenvalue weighted by molar-refractivity contribution is -0.671. The van der Waals surface area contributed by atoms with Gasteiger partial charge in [0.1, 0.15) is 37.6 Å². The van der Waals surface area contributed by atoms with Crippen LogP contribution in [-0.2, 0) is 44.0 Å². The van der Waals surface area contributed by atoms with Crippen molar-refractivity contribution in [2.75, 3.05) is 13.2 Å². The molecule has 0 aliphatic carbocycles. The molecule has 2 rings (SSSR count). The molecule has 0 aliphatic heterocycles. The van der Waals surface area contributed by atoms with E-state index in [1.165, 1.54) is 0 Å². The molecule has 1 unspecified atom stereocenters. The van der Waals surface area contributed by atoms with E-state index in [0.717, 1.165) is 30.5 Å². The minimum atomic E-state index is -1.12. The van der Waals surface area contributed by atoms with Gasteiger partial charge >= 0.3 is 11.9 Å². The summed E-state index contributed by atoms with van der Waals surface area (Å²) in [6, 6.07) is 8.00. The van der Waals surface area contributed by atoms with Crippen molar-refractivity contribution < 1.29 is 28.4 Å². The van der Waals surface area contributed by atoms with Gasteiger partial charge in [-0.1, -0.05) is 44.5 Å². The van der Waals surface area contributed by atoms with E-state index in [1.54, 1.807) is 6.92 Å². The molecule has 7 nitrogen and oxygen atoms in total. The lowest BCUT2D eigenvalue weighted by Crippen LogP contribution is -2.43. The molecule has 36 heavy (non-hydrogen) atoms. The molecule has 0 spiro atoms. The smallest absolute Gasteiger partial charge is 0.317 e. The number of benzene rings is 1. The standard InChI is InChI=1S/C29H45N2O5/c1-9-15-28(5,6)36-21-29(7,20-35-25(32)27(3,4)10-2)26(33)34-19-24-13-11-23(12-14-24)18-31-17-16-30(8)22-31/h11-14,16-17,22H,9-10,15,18-21H2,1-8H3/q+1. The summed E-state index contributed by atoms with van der Waals surface area (Å²) in [5.74, 6) is -0.774. The molecule has 1 aromatic heterocycles. The van der Waals surface area contributed by atoms with Crippen LogP contribution in [-0.4, -0.2) is 35.3 Å². The minimum absolute atomic E-state index is 0.0937. The molecular weight excluding hydrogens is 456 g/mol. The van der Waals surface area contributed by atoms with Crippen molar-refractivity contribution in [1.29, 1.82) is 0 Å². The van der Waals surface area contributed by atoms with Crippen molar-refractivity contribution in [2.24, 2.45) is 17.9 Å². The van der Waals surface area contributed by atoms with E-state index < -0.39 is 22.4 Å². The Balaban J connectivity index is 2.05. The van der Waals surface area contributed by atoms with E-state index >= 15 is 0 Å². The number of aromatic nitrogens is 2. The molecule has 0 fully saturated rings. The Morgan fingerprint density at radius 1 is 0.917 bits per heavy atom. The molecule has 200 valence electrons. The average molecular weight is 502 g/mol. The predicted molar refractivity (Wildman–Crippen MR) is 139 cm³/mol. The van der Waals surface area contributed by atoms with Gasteiger partial charge in [-0.2, -0.15) is 0 Å². The molecule has 0 saturated heterocycles. The van der Waals surface area contributed by atoms with Gasteiger partial charge in [0.15, 0.2) is 0 Å². The van der Waals surface area contributed by atoms with Crippen LogP contribution in [0.4, 0.5) is 0 Å². The van der Waals surface area contributed by atoms with Crippen molar-refractivity contribution in [2.45, 2.75) is 86.5 Å². The molecule has 1 atom stereocenters. The molecule has 2 aromatic rings. The lowest BCUT2D eigenvalue weighted by atomic mass is 9.89. The maximum atomic E-state index is 13.3. The Kier molecular flexibility index (Phi) is 10.3. The van der Waals surface area contributed by atoms with Gasteiger partial charge in [-0.05, 0) is 58.6 Å². The largest absolute Gasteiger partial charge is 0.464 e. The summed E-state index contributed by atoms with van der Waals surface area (Å²) in [5.41, 5.74) is -0.0799. The molecule has 0 N–H and O–H groups in total. The van der Waals surface area contributed by atoms with E-state index in [9.17, 15) is 9.59 Å². The summed E-state index contributed by atoms with van der Waals surface area (Å²) in [6.07, 6.45) is 8.51. The van der Waals surface area contributed by atoms with Crippen LogP contribution in [0, 0.1) is 10.8 Å². The number of imidazole rings is 1. The van der Waals surface area contributed by atoms with Crippen LogP contribution >= 0.6 is 0 Å². The van der Waals surface area contributed by atoms with E-state index in [2.05, 4.69) is 11.5 Å². The van der Waals surface area contributed by atoms with Crippen LogP contribution in [0.3, 0.4) is 0 Å². The quantitative estimate of drug-likeness (QED) is 0.270. The highest BCUT2D eigenvalue weighted by Gasteiger charge is 2.40. The first-order valence-electron chi connectivity index (χ1n) is 12.9. The van der Waals surface area contributed by atoms with Crippen LogP contribution in [0.5, 0.6) is 0 Å². The number of carbonyl (C=O) groups excluding carboxylic acids is 2. The number of aryl methyl sites for hydroxylation is 1. The Bertz CT molecular complexity index is 993. The number of hydrogen-bond acceptors (Lipinski definition) is 5. The topological polar surface area (TPSA) is 70.6 Å². The molecular formula is C29H45N2O5+. The molecule has 1 aromatic carbocycles. The van der Waals surface area contributed by atoms with Crippen molar-refractivity contribution in [3.63, 3.8) is 0 Å². The second kappa shape index (κ2) is 12.5. The molecule has 0 bridgehead atoms. The zero-order valence-electron chi connectivity index (χ0n) is 23.4. The van der Waals surface area contributed by atoms with Gasteiger partial charge in [0.05, 0.1) is 24.7 Å². The normalized spacial score (nSPS) is 13.8. The summed E-state index contributed by atoms with van der Waals surface area (Å²) < 4.78 is 21.5. The zero-order valence-corrected chi connectivity index (χ0v) is 23.4. The molecule has 0 saturated carbocycles. The maximum Gasteiger partial charge on any atom is 0.317 e. The highest BCUT2D eigenvalue weighted by molar-refractivity contribution is 5.79. The third-order valence-corrected chi connectivity index (χ3v) is 6.67. The fourth-order valence-corrected chi connectivity index (χ4v) is 3.62. The lowest BCUT2D eigenvalue weighted by Gasteiger charge is -2.33. The molecule has 0 amide bonds. The summed E-state index contributed by atoms with van der Waals surface area (Å²) in [6.45, 7) is 14.4. The predicted octanol–water partition coefficient (Wildman–Crippen LogP) is 4.99. The molecule has 0 radical (unpaired) electrons. The Hall–Kier alpha value is -2.67. The third-order valence-electron chi connectivity index (χ3n) is 6.67. The number of esters is 2. The second-order valence-corrected chi connectivity index (χ2v) is 11.3. The average Bonchev–Trinajstić information content (AvgIpc) is 3.24. The second-order valence-electron chi connectivity index (χ2n) is 11.3. The number of hydrogen-bond donors (Lipinski definition) is 0. The zero-order chi connectivity index (χ0) is 27.0. The number of ether oxygens (including phenoxy) is 3. The Labute approximate surface area is 216 Å². The van der Waals surface area contributed by atoms with E-state index in [1.807, 2.05) is 89.2 Å². The summed E-state index contributed by atoms with van der Waals surface area (Å²) >= 11 is 0. The monoisotopic (exact) mass is 501 g/mol. The van der Waals surface area contributed by atoms with Gasteiger partial charge in [0, 0.05) is 0 Å². The Morgan fingerprint density at radius 3 is 2.11 bits per heavy atom. The summed E-state index contributed by atoms with van der Waals surface area (Å²) in [5, 5.41) is 0. The number of nitrogens with zero attached hydrogens (tertiary/aromatic N) is 2. The molecule has 0 aliphatic rings. The first-order chi connectivity index (χ1) is 16.8. The summed E-state index contributed by atoms with van der Waals surface area (Å²) in [7, 11) is 1.99. The van der Waals surface area contributed by atoms with E-state index in [4.69, 9.17) is 14.2 Å². The fourth-order valence-electron chi connectivity index (χ4n) is 3.62. The van der Waals surface area contributed by atoms with Crippen LogP contribution in [0.25, 0.3) is 0 Å². The van der Waals surface area contributed by atoms with Crippen LogP contribution in [0.15, 0.2) is 43.0 Å². The van der Waals surface area contributed by atoms with Gasteiger partial charge in [0.2, 0.25) is 6.33 Å². The number of rotatable bonds is 14. The molecule has 1 heterocycles. The number of carbonyl (C=O) groups is 2. The highest BCUT2D eigenvalue weighted by Crippen LogP contribution is 2.28. The van der Waals surface area contributed by atoms with Gasteiger partial charge in [0.25, 0.3) is 0 Å². The maximum absolute atomic E-state index is 13.3. The van der Waals surface area contributed by atoms with Crippen LogP contribution in [0.1, 0.15) is 78.9 Å². The van der Waals surface area contributed by atoms with Crippen LogP contribution in [0.2, 0.25) is 0 Å². The summed E-state index contributed by atoms with van der Waals surface area (Å²) in [4.78, 5) is 25.9. The minimum Gasteiger partial charge on any atom is -0.464 e. The van der Waals surface area contributed by atoms with Crippen molar-refractivity contribution in [1.82, 2.24) is 4.57 Å². The molecule has 7 heteroatoms. The van der Waals surface area contributed by atoms with Crippen LogP contribution < -0.4 is 4.57 Å². The van der Waals surface area contributed by atoms with Gasteiger partial charge in [-0.3, -0.25) is 9.59 Å². The van der Waals surface area contributed by atoms with Gasteiger partial charge in [-0.25, -0.2) is 9.13 Å². The van der Waals surface area contributed by atoms with Gasteiger partial charge < -0.3 is 14.2 Å². The first kappa shape index (κ1) is 29.6. The first-order valence-corrected chi connectivity index (χ1v) is 12.9. The van der Waals surface area contributed by atoms with E-state index in [-0.39, 0.29) is 25.8 Å². The SMILES string of the molecule is CCCC(C)(C)OCC(C)(COC(=O)C(C)(C)CC)C(=O)OCc1ccc(Cn2cc[n+](C)c2)cc1. The van der Waals surface area contributed by atoms with Gasteiger partial charge in [-0.15, -0.1) is 0 Å². The third kappa shape index (κ3) is 8.77. The van der Waals surface area contributed by atoms with Crippen molar-refractivity contribution >= 4 is 11.9 Å². The van der Waals surface area contributed by atoms with E-state index in [0.29, 0.717) is 6.42 Å². The van der Waals surface area contributed by atoms with Crippen molar-refractivity contribution in [3.05, 3.63) is 54.1 Å². The Morgan fingerprint density at radius 2 is 1.56 bits per heavy atom. The highest BCUT2D eigenvalue weighted by atomic mass is 16.6. The fraction of sp³-hybridized carbons (Fsp3) is 0.621. The van der Waals surface area contributed by atoms with Crippen molar-refractivity contribution in [3.8, 4) is 0 Å².